The zero-order valence-corrected chi connectivity index (χ0v) is 22.8. The summed E-state index contributed by atoms with van der Waals surface area (Å²) in [6.07, 6.45) is 6.28. The summed E-state index contributed by atoms with van der Waals surface area (Å²) < 4.78 is 25.9. The highest BCUT2D eigenvalue weighted by atomic mass is 19.1. The highest BCUT2D eigenvalue weighted by Gasteiger charge is 2.25. The summed E-state index contributed by atoms with van der Waals surface area (Å²) in [4.78, 5) is 41.9. The van der Waals surface area contributed by atoms with Crippen LogP contribution in [0.4, 0.5) is 15.8 Å². The summed E-state index contributed by atoms with van der Waals surface area (Å²) in [5.74, 6) is -1.05. The molecule has 5 rings (SSSR count). The van der Waals surface area contributed by atoms with Gasteiger partial charge in [0.2, 0.25) is 5.75 Å². The Bertz CT molecular complexity index is 1730. The molecule has 1 aliphatic rings. The Labute approximate surface area is 239 Å². The van der Waals surface area contributed by atoms with Crippen LogP contribution < -0.4 is 20.3 Å². The number of benzene rings is 3. The summed E-state index contributed by atoms with van der Waals surface area (Å²) in [5, 5.41) is 19.2. The second kappa shape index (κ2) is 12.6. The Morgan fingerprint density at radius 3 is 2.64 bits per heavy atom. The second-order valence-electron chi connectivity index (χ2n) is 9.83. The number of fused-ring (bicyclic) bond motifs is 1. The number of nitrogens with one attached hydrogen (secondary N) is 1. The number of rotatable bonds is 9. The van der Waals surface area contributed by atoms with Crippen molar-refractivity contribution in [1.29, 1.82) is 0 Å². The van der Waals surface area contributed by atoms with Crippen LogP contribution in [0.1, 0.15) is 49.4 Å². The maximum atomic E-state index is 13.9. The molecule has 1 heterocycles. The van der Waals surface area contributed by atoms with Crippen LogP contribution in [0.25, 0.3) is 10.9 Å². The van der Waals surface area contributed by atoms with Gasteiger partial charge in [-0.3, -0.25) is 19.7 Å². The predicted octanol–water partition coefficient (Wildman–Crippen LogP) is 5.40. The number of hydrogen-bond acceptors (Lipinski definition) is 8. The number of nitro benzene ring substituents is 1. The Morgan fingerprint density at radius 1 is 1.17 bits per heavy atom. The van der Waals surface area contributed by atoms with Gasteiger partial charge in [0, 0.05) is 17.5 Å². The van der Waals surface area contributed by atoms with Crippen LogP contribution in [0.5, 0.6) is 11.5 Å². The number of carbonyl (C=O) groups is 1. The van der Waals surface area contributed by atoms with Crippen LogP contribution in [-0.4, -0.2) is 40.4 Å². The van der Waals surface area contributed by atoms with E-state index >= 15 is 0 Å². The number of amides is 1. The van der Waals surface area contributed by atoms with E-state index in [1.54, 1.807) is 24.3 Å². The number of methoxy groups -OCH3 is 1. The van der Waals surface area contributed by atoms with Crippen LogP contribution in [0.3, 0.4) is 0 Å². The second-order valence-corrected chi connectivity index (χ2v) is 9.83. The number of nitro groups is 1. The number of nitrogens with zero attached hydrogens (tertiary/aromatic N) is 4. The smallest absolute Gasteiger partial charge is 0.315 e. The largest absolute Gasteiger partial charge is 0.493 e. The third-order valence-corrected chi connectivity index (χ3v) is 7.04. The molecule has 1 fully saturated rings. The number of anilines is 1. The Kier molecular flexibility index (Phi) is 8.51. The van der Waals surface area contributed by atoms with Gasteiger partial charge < -0.3 is 14.8 Å². The number of hydrogen-bond donors (Lipinski definition) is 1. The van der Waals surface area contributed by atoms with Gasteiger partial charge in [0.25, 0.3) is 11.5 Å². The highest BCUT2D eigenvalue weighted by molar-refractivity contribution is 5.92. The van der Waals surface area contributed by atoms with E-state index in [9.17, 15) is 24.1 Å². The molecular formula is C30H28FN5O6. The molecule has 12 heteroatoms. The molecule has 42 heavy (non-hydrogen) atoms. The van der Waals surface area contributed by atoms with Gasteiger partial charge in [-0.2, -0.15) is 9.78 Å². The Hall–Kier alpha value is -5.13. The zero-order valence-electron chi connectivity index (χ0n) is 22.8. The predicted molar refractivity (Wildman–Crippen MR) is 155 cm³/mol. The third-order valence-electron chi connectivity index (χ3n) is 7.04. The number of carbonyl (C=O) groups excluding carboxylic acids is 1. The van der Waals surface area contributed by atoms with E-state index in [-0.39, 0.29) is 34.2 Å². The first kappa shape index (κ1) is 28.4. The molecule has 0 atom stereocenters. The molecule has 1 saturated carbocycles. The van der Waals surface area contributed by atoms with Crippen molar-refractivity contribution in [2.45, 2.75) is 38.0 Å². The van der Waals surface area contributed by atoms with Crippen molar-refractivity contribution < 1.29 is 23.6 Å². The molecule has 4 aromatic rings. The van der Waals surface area contributed by atoms with Gasteiger partial charge in [-0.1, -0.05) is 43.5 Å². The number of aromatic nitrogens is 2. The average molecular weight is 574 g/mol. The zero-order chi connectivity index (χ0) is 29.6. The van der Waals surface area contributed by atoms with E-state index in [1.807, 2.05) is 6.07 Å². The first-order chi connectivity index (χ1) is 20.4. The molecule has 0 aliphatic heterocycles. The van der Waals surface area contributed by atoms with Gasteiger partial charge in [0.1, 0.15) is 11.6 Å². The van der Waals surface area contributed by atoms with Crippen molar-refractivity contribution in [3.05, 3.63) is 98.3 Å². The summed E-state index contributed by atoms with van der Waals surface area (Å²) in [7, 11) is 1.30. The third kappa shape index (κ3) is 6.12. The Balaban J connectivity index is 1.46. The van der Waals surface area contributed by atoms with Crippen molar-refractivity contribution in [2.75, 3.05) is 19.0 Å². The van der Waals surface area contributed by atoms with Crippen LogP contribution >= 0.6 is 0 Å². The number of para-hydroxylation sites is 2. The minimum Gasteiger partial charge on any atom is -0.493 e. The summed E-state index contributed by atoms with van der Waals surface area (Å²) >= 11 is 0. The normalized spacial score (nSPS) is 13.8. The van der Waals surface area contributed by atoms with Crippen molar-refractivity contribution in [3.8, 4) is 11.5 Å². The fraction of sp³-hybridized carbons (Fsp3) is 0.267. The molecule has 1 aromatic heterocycles. The summed E-state index contributed by atoms with van der Waals surface area (Å²) in [5.41, 5.74) is -0.0143. The van der Waals surface area contributed by atoms with E-state index in [0.717, 1.165) is 32.1 Å². The van der Waals surface area contributed by atoms with Crippen molar-refractivity contribution >= 4 is 34.4 Å². The van der Waals surface area contributed by atoms with Crippen LogP contribution in [0.15, 0.2) is 70.6 Å². The van der Waals surface area contributed by atoms with E-state index in [1.165, 1.54) is 48.3 Å². The molecule has 1 aliphatic carbocycles. The van der Waals surface area contributed by atoms with Gasteiger partial charge in [0.05, 0.1) is 34.8 Å². The van der Waals surface area contributed by atoms with E-state index in [2.05, 4.69) is 10.4 Å². The fourth-order valence-corrected chi connectivity index (χ4v) is 5.00. The minimum atomic E-state index is -0.722. The first-order valence-electron chi connectivity index (χ1n) is 13.5. The summed E-state index contributed by atoms with van der Waals surface area (Å²) in [6.45, 7) is -0.637. The molecule has 1 N–H and O–H groups in total. The molecule has 216 valence electrons. The van der Waals surface area contributed by atoms with E-state index in [4.69, 9.17) is 14.5 Å². The van der Waals surface area contributed by atoms with Gasteiger partial charge >= 0.3 is 5.69 Å². The first-order valence-corrected chi connectivity index (χ1v) is 13.5. The summed E-state index contributed by atoms with van der Waals surface area (Å²) in [6, 6.07) is 15.3. The standard InChI is InChI=1S/C30H28FN5O6/c1-41-26-16-19(15-25(36(39)40)28(26)42-18-27(37)33-24-14-8-6-12-22(24)31)17-32-35-29(20-9-3-2-4-10-20)34-23-13-7-5-11-21(23)30(35)38/h5-8,11-17,20H,2-4,9-10,18H2,1H3,(H,33,37). The molecule has 0 unspecified atom stereocenters. The molecule has 3 aromatic carbocycles. The topological polar surface area (TPSA) is 138 Å². The maximum absolute atomic E-state index is 13.9. The van der Waals surface area contributed by atoms with Gasteiger partial charge in [-0.05, 0) is 43.2 Å². The molecule has 0 saturated heterocycles. The lowest BCUT2D eigenvalue weighted by atomic mass is 9.88. The SMILES string of the molecule is COc1cc(C=Nn2c(C3CCCCC3)nc3ccccc3c2=O)cc([N+](=O)[O-])c1OCC(=O)Nc1ccccc1F. The van der Waals surface area contributed by atoms with Crippen LogP contribution in [0, 0.1) is 15.9 Å². The quantitative estimate of drug-likeness (QED) is 0.161. The number of halogens is 1. The lowest BCUT2D eigenvalue weighted by molar-refractivity contribution is -0.385. The van der Waals surface area contributed by atoms with E-state index < -0.39 is 28.9 Å². The van der Waals surface area contributed by atoms with Crippen molar-refractivity contribution in [1.82, 2.24) is 9.66 Å². The Morgan fingerprint density at radius 2 is 1.90 bits per heavy atom. The molecule has 1 amide bonds. The number of ether oxygens (including phenoxy) is 2. The molecule has 0 bridgehead atoms. The average Bonchev–Trinajstić information content (AvgIpc) is 3.00. The monoisotopic (exact) mass is 573 g/mol. The molecule has 0 spiro atoms. The molecule has 11 nitrogen and oxygen atoms in total. The maximum Gasteiger partial charge on any atom is 0.315 e. The minimum absolute atomic E-state index is 0.0270. The lowest BCUT2D eigenvalue weighted by Gasteiger charge is -2.22. The van der Waals surface area contributed by atoms with Gasteiger partial charge in [0.15, 0.2) is 12.4 Å². The van der Waals surface area contributed by atoms with Gasteiger partial charge in [-0.15, -0.1) is 0 Å². The molecular weight excluding hydrogens is 545 g/mol. The van der Waals surface area contributed by atoms with Crippen LogP contribution in [-0.2, 0) is 4.79 Å². The fourth-order valence-electron chi connectivity index (χ4n) is 5.00. The lowest BCUT2D eigenvalue weighted by Crippen LogP contribution is -2.25. The van der Waals surface area contributed by atoms with E-state index in [0.29, 0.717) is 16.7 Å². The van der Waals surface area contributed by atoms with Gasteiger partial charge in [-0.25, -0.2) is 9.37 Å². The highest BCUT2D eigenvalue weighted by Crippen LogP contribution is 2.38. The molecule has 0 radical (unpaired) electrons. The van der Waals surface area contributed by atoms with Crippen molar-refractivity contribution in [3.63, 3.8) is 0 Å². The van der Waals surface area contributed by atoms with Crippen LogP contribution in [0.2, 0.25) is 0 Å². The van der Waals surface area contributed by atoms with Crippen molar-refractivity contribution in [2.24, 2.45) is 5.10 Å².